The van der Waals surface area contributed by atoms with E-state index in [2.05, 4.69) is 5.32 Å². The molecule has 1 aliphatic rings. The monoisotopic (exact) mass is 419 g/mol. The first-order chi connectivity index (χ1) is 13.9. The van der Waals surface area contributed by atoms with Crippen molar-refractivity contribution in [2.45, 2.75) is 37.8 Å². The molecule has 3 rings (SSSR count). The van der Waals surface area contributed by atoms with E-state index in [4.69, 9.17) is 4.74 Å². The van der Waals surface area contributed by atoms with Crippen molar-refractivity contribution in [1.29, 1.82) is 0 Å². The fraction of sp³-hybridized carbons (Fsp3) is 0.400. The van der Waals surface area contributed by atoms with Crippen LogP contribution < -0.4 is 15.6 Å². The number of carbonyl (C=O) groups is 1. The second kappa shape index (κ2) is 8.79. The van der Waals surface area contributed by atoms with Crippen LogP contribution in [0.5, 0.6) is 5.75 Å². The van der Waals surface area contributed by atoms with Crippen LogP contribution in [-0.2, 0) is 21.4 Å². The minimum atomic E-state index is -3.72. The molecule has 0 radical (unpaired) electrons. The van der Waals surface area contributed by atoms with Gasteiger partial charge in [0.2, 0.25) is 15.9 Å². The SMILES string of the molecule is CCN(CC)S(=O)(=O)c1ccc(=O)n(CC(=O)N[C@H]2CCOc3ccccc32)c1. The standard InChI is InChI=1S/C20H25N3O5S/c1-3-23(4-2)29(26,27)15-9-10-20(25)22(13-15)14-19(24)21-17-11-12-28-18-8-6-5-7-16(17)18/h5-10,13,17H,3-4,11-12,14H2,1-2H3,(H,21,24)/t17-/m0/s1. The number of hydrogen-bond acceptors (Lipinski definition) is 5. The van der Waals surface area contributed by atoms with Crippen molar-refractivity contribution in [1.82, 2.24) is 14.2 Å². The van der Waals surface area contributed by atoms with Crippen molar-refractivity contribution in [2.24, 2.45) is 0 Å². The quantitative estimate of drug-likeness (QED) is 0.734. The smallest absolute Gasteiger partial charge is 0.251 e. The molecule has 29 heavy (non-hydrogen) atoms. The first kappa shape index (κ1) is 21.1. The summed E-state index contributed by atoms with van der Waals surface area (Å²) in [6.45, 7) is 4.36. The van der Waals surface area contributed by atoms with Crippen molar-refractivity contribution < 1.29 is 17.9 Å². The maximum absolute atomic E-state index is 12.7. The molecule has 0 fully saturated rings. The van der Waals surface area contributed by atoms with Crippen LogP contribution in [0.25, 0.3) is 0 Å². The van der Waals surface area contributed by atoms with Gasteiger partial charge in [0.1, 0.15) is 12.3 Å². The van der Waals surface area contributed by atoms with Crippen LogP contribution in [0.3, 0.4) is 0 Å². The zero-order chi connectivity index (χ0) is 21.0. The van der Waals surface area contributed by atoms with E-state index in [0.29, 0.717) is 26.1 Å². The number of amides is 1. The Hall–Kier alpha value is -2.65. The molecule has 1 aliphatic heterocycles. The van der Waals surface area contributed by atoms with E-state index in [0.717, 1.165) is 15.9 Å². The number of benzene rings is 1. The van der Waals surface area contributed by atoms with Crippen molar-refractivity contribution in [3.05, 3.63) is 58.5 Å². The third kappa shape index (κ3) is 4.51. The Bertz CT molecular complexity index is 1040. The Morgan fingerprint density at radius 2 is 1.93 bits per heavy atom. The van der Waals surface area contributed by atoms with Gasteiger partial charge in [0.25, 0.3) is 5.56 Å². The Morgan fingerprint density at radius 3 is 2.66 bits per heavy atom. The van der Waals surface area contributed by atoms with Gasteiger partial charge < -0.3 is 14.6 Å². The van der Waals surface area contributed by atoms with Crippen molar-refractivity contribution in [3.63, 3.8) is 0 Å². The predicted octanol–water partition coefficient (Wildman–Crippen LogP) is 1.52. The minimum absolute atomic E-state index is 0.00925. The molecule has 1 N–H and O–H groups in total. The highest BCUT2D eigenvalue weighted by molar-refractivity contribution is 7.89. The number of rotatable bonds is 7. The average Bonchev–Trinajstić information content (AvgIpc) is 2.70. The molecule has 1 atom stereocenters. The van der Waals surface area contributed by atoms with Crippen LogP contribution in [0.15, 0.2) is 52.3 Å². The van der Waals surface area contributed by atoms with Gasteiger partial charge in [0.15, 0.2) is 0 Å². The summed E-state index contributed by atoms with van der Waals surface area (Å²) < 4.78 is 33.4. The topological polar surface area (TPSA) is 97.7 Å². The number of sulfonamides is 1. The minimum Gasteiger partial charge on any atom is -0.493 e. The van der Waals surface area contributed by atoms with Crippen molar-refractivity contribution >= 4 is 15.9 Å². The number of nitrogens with one attached hydrogen (secondary N) is 1. The number of para-hydroxylation sites is 1. The van der Waals surface area contributed by atoms with E-state index in [1.54, 1.807) is 13.8 Å². The molecule has 0 spiro atoms. The summed E-state index contributed by atoms with van der Waals surface area (Å²) >= 11 is 0. The first-order valence-electron chi connectivity index (χ1n) is 9.58. The summed E-state index contributed by atoms with van der Waals surface area (Å²) in [5.74, 6) is 0.361. The molecule has 2 aromatic rings. The van der Waals surface area contributed by atoms with Crippen LogP contribution in [0.2, 0.25) is 0 Å². The van der Waals surface area contributed by atoms with E-state index >= 15 is 0 Å². The van der Waals surface area contributed by atoms with E-state index in [-0.39, 0.29) is 23.4 Å². The summed E-state index contributed by atoms with van der Waals surface area (Å²) in [6.07, 6.45) is 1.85. The fourth-order valence-electron chi connectivity index (χ4n) is 3.38. The highest BCUT2D eigenvalue weighted by Gasteiger charge is 2.24. The molecule has 1 amide bonds. The Balaban J connectivity index is 1.79. The summed E-state index contributed by atoms with van der Waals surface area (Å²) in [7, 11) is -3.72. The molecular weight excluding hydrogens is 394 g/mol. The number of fused-ring (bicyclic) bond motifs is 1. The zero-order valence-electron chi connectivity index (χ0n) is 16.5. The lowest BCUT2D eigenvalue weighted by molar-refractivity contribution is -0.122. The van der Waals surface area contributed by atoms with Crippen LogP contribution in [0, 0.1) is 0 Å². The molecule has 156 valence electrons. The predicted molar refractivity (Wildman–Crippen MR) is 108 cm³/mol. The number of carbonyl (C=O) groups excluding carboxylic acids is 1. The van der Waals surface area contributed by atoms with E-state index in [1.807, 2.05) is 24.3 Å². The van der Waals surface area contributed by atoms with Crippen LogP contribution >= 0.6 is 0 Å². The first-order valence-corrected chi connectivity index (χ1v) is 11.0. The number of hydrogen-bond donors (Lipinski definition) is 1. The van der Waals surface area contributed by atoms with Gasteiger partial charge in [-0.1, -0.05) is 32.0 Å². The van der Waals surface area contributed by atoms with Crippen molar-refractivity contribution in [2.75, 3.05) is 19.7 Å². The zero-order valence-corrected chi connectivity index (χ0v) is 17.3. The molecule has 0 bridgehead atoms. The molecule has 0 aliphatic carbocycles. The molecule has 9 heteroatoms. The molecule has 0 saturated carbocycles. The van der Waals surface area contributed by atoms with E-state index in [1.165, 1.54) is 22.6 Å². The second-order valence-electron chi connectivity index (χ2n) is 6.72. The third-order valence-corrected chi connectivity index (χ3v) is 6.94. The van der Waals surface area contributed by atoms with Gasteiger partial charge in [-0.3, -0.25) is 9.59 Å². The lowest BCUT2D eigenvalue weighted by Gasteiger charge is -2.26. The summed E-state index contributed by atoms with van der Waals surface area (Å²) in [4.78, 5) is 24.8. The van der Waals surface area contributed by atoms with E-state index < -0.39 is 15.6 Å². The average molecular weight is 420 g/mol. The van der Waals surface area contributed by atoms with Crippen LogP contribution in [-0.4, -0.2) is 42.9 Å². The van der Waals surface area contributed by atoms with Gasteiger partial charge in [-0.15, -0.1) is 0 Å². The van der Waals surface area contributed by atoms with Gasteiger partial charge in [-0.05, 0) is 12.1 Å². The lowest BCUT2D eigenvalue weighted by Crippen LogP contribution is -2.37. The largest absolute Gasteiger partial charge is 0.493 e. The van der Waals surface area contributed by atoms with E-state index in [9.17, 15) is 18.0 Å². The Labute approximate surface area is 170 Å². The van der Waals surface area contributed by atoms with Crippen LogP contribution in [0.1, 0.15) is 31.9 Å². The fourth-order valence-corrected chi connectivity index (χ4v) is 4.86. The lowest BCUT2D eigenvalue weighted by atomic mass is 10.0. The Kier molecular flexibility index (Phi) is 6.39. The highest BCUT2D eigenvalue weighted by atomic mass is 32.2. The summed E-state index contributed by atoms with van der Waals surface area (Å²) in [6, 6.07) is 9.71. The number of nitrogens with zero attached hydrogens (tertiary/aromatic N) is 2. The Morgan fingerprint density at radius 1 is 1.21 bits per heavy atom. The molecular formula is C20H25N3O5S. The van der Waals surface area contributed by atoms with Crippen molar-refractivity contribution in [3.8, 4) is 5.75 Å². The molecule has 0 saturated heterocycles. The normalized spacial score (nSPS) is 16.2. The second-order valence-corrected chi connectivity index (χ2v) is 8.65. The summed E-state index contributed by atoms with van der Waals surface area (Å²) in [5, 5.41) is 2.92. The molecule has 1 aromatic carbocycles. The maximum atomic E-state index is 12.7. The molecule has 1 aromatic heterocycles. The third-order valence-electron chi connectivity index (χ3n) is 4.91. The maximum Gasteiger partial charge on any atom is 0.251 e. The number of ether oxygens (including phenoxy) is 1. The van der Waals surface area contributed by atoms with Gasteiger partial charge in [0.05, 0.1) is 17.5 Å². The van der Waals surface area contributed by atoms with Gasteiger partial charge in [-0.25, -0.2) is 8.42 Å². The molecule has 2 heterocycles. The molecule has 8 nitrogen and oxygen atoms in total. The highest BCUT2D eigenvalue weighted by Crippen LogP contribution is 2.31. The van der Waals surface area contributed by atoms with Gasteiger partial charge in [0, 0.05) is 37.3 Å². The molecule has 0 unspecified atom stereocenters. The van der Waals surface area contributed by atoms with Crippen LogP contribution in [0.4, 0.5) is 0 Å². The van der Waals surface area contributed by atoms with Gasteiger partial charge in [-0.2, -0.15) is 4.31 Å². The summed E-state index contributed by atoms with van der Waals surface area (Å²) in [5.41, 5.74) is 0.448. The number of pyridine rings is 1. The van der Waals surface area contributed by atoms with Gasteiger partial charge >= 0.3 is 0 Å². The number of aromatic nitrogens is 1.